The van der Waals surface area contributed by atoms with Crippen molar-refractivity contribution < 1.29 is 29.3 Å². The molecule has 0 saturated carbocycles. The fourth-order valence-corrected chi connectivity index (χ4v) is 4.07. The number of amides is 1. The highest BCUT2D eigenvalue weighted by Gasteiger charge is 2.54. The van der Waals surface area contributed by atoms with Gasteiger partial charge >= 0.3 is 5.97 Å². The van der Waals surface area contributed by atoms with E-state index in [0.717, 1.165) is 0 Å². The molecule has 0 atom stereocenters. The molecule has 6 N–H and O–H groups in total. The van der Waals surface area contributed by atoms with E-state index >= 15 is 0 Å². The third-order valence-corrected chi connectivity index (χ3v) is 5.22. The third kappa shape index (κ3) is 2.08. The molecule has 0 aliphatic carbocycles. The Bertz CT molecular complexity index is 1200. The lowest BCUT2D eigenvalue weighted by Crippen LogP contribution is -2.33. The molecule has 2 aliphatic rings. The molecule has 144 valence electrons. The lowest BCUT2D eigenvalue weighted by atomic mass is 9.77. The molecule has 0 saturated heterocycles. The Kier molecular flexibility index (Phi) is 3.16. The second kappa shape index (κ2) is 5.41. The highest BCUT2D eigenvalue weighted by Crippen LogP contribution is 2.57. The number of esters is 1. The summed E-state index contributed by atoms with van der Waals surface area (Å²) in [6, 6.07) is 11.9. The molecule has 2 heterocycles. The first-order chi connectivity index (χ1) is 13.8. The number of phenolic OH excluding ortho intramolecular Hbond substituents is 2. The molecule has 0 unspecified atom stereocenters. The van der Waals surface area contributed by atoms with Gasteiger partial charge in [0.25, 0.3) is 5.91 Å². The highest BCUT2D eigenvalue weighted by molar-refractivity contribution is 6.11. The number of hydrogen-bond acceptors (Lipinski definition) is 7. The Balaban J connectivity index is 1.93. The summed E-state index contributed by atoms with van der Waals surface area (Å²) >= 11 is 0. The first kappa shape index (κ1) is 16.9. The van der Waals surface area contributed by atoms with Crippen LogP contribution in [0.1, 0.15) is 37.4 Å². The summed E-state index contributed by atoms with van der Waals surface area (Å²) in [6.45, 7) is 0. The highest BCUT2D eigenvalue weighted by atomic mass is 16.6. The van der Waals surface area contributed by atoms with Gasteiger partial charge in [-0.1, -0.05) is 6.07 Å². The lowest BCUT2D eigenvalue weighted by Gasteiger charge is -2.36. The maximum Gasteiger partial charge on any atom is 0.341 e. The van der Waals surface area contributed by atoms with Crippen LogP contribution in [0.25, 0.3) is 0 Å². The number of carbonyl (C=O) groups is 2. The summed E-state index contributed by atoms with van der Waals surface area (Å²) in [7, 11) is 0. The largest absolute Gasteiger partial charge is 0.508 e. The predicted octanol–water partition coefficient (Wildman–Crippen LogP) is 2.35. The topological polar surface area (TPSA) is 145 Å². The smallest absolute Gasteiger partial charge is 0.341 e. The molecule has 0 bridgehead atoms. The quantitative estimate of drug-likeness (QED) is 0.368. The van der Waals surface area contributed by atoms with Crippen molar-refractivity contribution in [3.8, 4) is 23.0 Å². The number of ether oxygens (including phenoxy) is 2. The van der Waals surface area contributed by atoms with Crippen LogP contribution in [0.15, 0.2) is 48.5 Å². The Labute approximate surface area is 163 Å². The van der Waals surface area contributed by atoms with Crippen molar-refractivity contribution in [3.63, 3.8) is 0 Å². The van der Waals surface area contributed by atoms with Crippen LogP contribution in [0.3, 0.4) is 0 Å². The third-order valence-electron chi connectivity index (χ3n) is 5.22. The molecular formula is C21H14N2O6. The van der Waals surface area contributed by atoms with Gasteiger partial charge < -0.3 is 31.2 Å². The summed E-state index contributed by atoms with van der Waals surface area (Å²) in [5, 5.41) is 19.8. The molecule has 1 amide bonds. The summed E-state index contributed by atoms with van der Waals surface area (Å²) < 4.78 is 11.7. The molecule has 0 fully saturated rings. The minimum atomic E-state index is -1.46. The lowest BCUT2D eigenvalue weighted by molar-refractivity contribution is 0.0223. The van der Waals surface area contributed by atoms with Gasteiger partial charge in [0, 0.05) is 34.5 Å². The second-order valence-corrected chi connectivity index (χ2v) is 6.85. The van der Waals surface area contributed by atoms with E-state index in [1.54, 1.807) is 18.2 Å². The zero-order valence-electron chi connectivity index (χ0n) is 14.8. The number of carbonyl (C=O) groups excluding carboxylic acids is 2. The predicted molar refractivity (Wildman–Crippen MR) is 101 cm³/mol. The molecule has 3 aromatic carbocycles. The maximum absolute atomic E-state index is 12.9. The summed E-state index contributed by atoms with van der Waals surface area (Å²) in [6.07, 6.45) is 0. The number of nitrogens with two attached hydrogens (primary N) is 2. The minimum absolute atomic E-state index is 0.0162. The van der Waals surface area contributed by atoms with E-state index in [-0.39, 0.29) is 39.8 Å². The number of phenols is 2. The van der Waals surface area contributed by atoms with Gasteiger partial charge in [0.1, 0.15) is 23.0 Å². The van der Waals surface area contributed by atoms with Crippen LogP contribution in [0.5, 0.6) is 23.0 Å². The Morgan fingerprint density at radius 2 is 1.45 bits per heavy atom. The second-order valence-electron chi connectivity index (χ2n) is 6.85. The number of fused-ring (bicyclic) bond motifs is 6. The first-order valence-corrected chi connectivity index (χ1v) is 8.64. The number of rotatable bonds is 1. The van der Waals surface area contributed by atoms with E-state index in [2.05, 4.69) is 0 Å². The van der Waals surface area contributed by atoms with Crippen LogP contribution in [0.4, 0.5) is 5.69 Å². The Hall–Kier alpha value is -4.20. The Morgan fingerprint density at radius 3 is 2.00 bits per heavy atom. The van der Waals surface area contributed by atoms with Crippen LogP contribution in [0.2, 0.25) is 0 Å². The summed E-state index contributed by atoms with van der Waals surface area (Å²) in [5.74, 6) is -1.25. The zero-order valence-corrected chi connectivity index (χ0v) is 14.8. The van der Waals surface area contributed by atoms with Crippen LogP contribution >= 0.6 is 0 Å². The van der Waals surface area contributed by atoms with Crippen molar-refractivity contribution in [2.24, 2.45) is 5.73 Å². The van der Waals surface area contributed by atoms with Crippen LogP contribution in [0, 0.1) is 0 Å². The van der Waals surface area contributed by atoms with Crippen molar-refractivity contribution >= 4 is 17.6 Å². The van der Waals surface area contributed by atoms with Crippen LogP contribution < -0.4 is 16.2 Å². The van der Waals surface area contributed by atoms with Gasteiger partial charge in [-0.15, -0.1) is 0 Å². The molecular weight excluding hydrogens is 376 g/mol. The number of anilines is 1. The molecule has 2 aliphatic heterocycles. The molecule has 5 rings (SSSR count). The summed E-state index contributed by atoms with van der Waals surface area (Å²) in [5.41, 5.74) is 11.1. The molecule has 8 nitrogen and oxygen atoms in total. The van der Waals surface area contributed by atoms with Gasteiger partial charge in [0.2, 0.25) is 0 Å². The minimum Gasteiger partial charge on any atom is -0.508 e. The average Bonchev–Trinajstić information content (AvgIpc) is 2.94. The SMILES string of the molecule is NC(=O)c1c(N)ccc2c1C(=O)OC21c2ccc(O)cc2Oc2cc(O)ccc21. The van der Waals surface area contributed by atoms with E-state index in [4.69, 9.17) is 20.9 Å². The van der Waals surface area contributed by atoms with Crippen molar-refractivity contribution in [3.05, 3.63) is 76.3 Å². The monoisotopic (exact) mass is 390 g/mol. The molecule has 29 heavy (non-hydrogen) atoms. The molecule has 1 spiro atoms. The van der Waals surface area contributed by atoms with Gasteiger partial charge in [-0.25, -0.2) is 4.79 Å². The van der Waals surface area contributed by atoms with Crippen molar-refractivity contribution in [1.29, 1.82) is 0 Å². The molecule has 8 heteroatoms. The van der Waals surface area contributed by atoms with E-state index in [9.17, 15) is 19.8 Å². The van der Waals surface area contributed by atoms with E-state index in [1.807, 2.05) is 0 Å². The van der Waals surface area contributed by atoms with Crippen molar-refractivity contribution in [1.82, 2.24) is 0 Å². The van der Waals surface area contributed by atoms with Crippen LogP contribution in [-0.2, 0) is 10.3 Å². The number of primary amides is 1. The van der Waals surface area contributed by atoms with Gasteiger partial charge in [0.05, 0.1) is 11.1 Å². The number of benzene rings is 3. The maximum atomic E-state index is 12.9. The van der Waals surface area contributed by atoms with Crippen molar-refractivity contribution in [2.75, 3.05) is 5.73 Å². The molecule has 0 aromatic heterocycles. The van der Waals surface area contributed by atoms with Gasteiger partial charge in [0.15, 0.2) is 5.60 Å². The zero-order chi connectivity index (χ0) is 20.5. The van der Waals surface area contributed by atoms with E-state index < -0.39 is 17.5 Å². The molecule has 0 radical (unpaired) electrons. The fourth-order valence-electron chi connectivity index (χ4n) is 4.07. The normalized spacial score (nSPS) is 15.1. The van der Waals surface area contributed by atoms with Crippen LogP contribution in [-0.4, -0.2) is 22.1 Å². The van der Waals surface area contributed by atoms with Gasteiger partial charge in [-0.2, -0.15) is 0 Å². The van der Waals surface area contributed by atoms with Crippen molar-refractivity contribution in [2.45, 2.75) is 5.60 Å². The summed E-state index contributed by atoms with van der Waals surface area (Å²) in [4.78, 5) is 25.0. The van der Waals surface area contributed by atoms with Gasteiger partial charge in [-0.3, -0.25) is 4.79 Å². The first-order valence-electron chi connectivity index (χ1n) is 8.64. The Morgan fingerprint density at radius 1 is 0.897 bits per heavy atom. The van der Waals surface area contributed by atoms with Gasteiger partial charge in [-0.05, 0) is 30.3 Å². The standard InChI is InChI=1S/C21H14N2O6/c22-14-6-5-13-17(18(14)19(23)26)20(27)29-21(13)11-3-1-9(24)7-15(11)28-16-8-10(25)2-4-12(16)21/h1-8,24-25H,22H2,(H2,23,26). The number of aromatic hydroxyl groups is 2. The van der Waals surface area contributed by atoms with E-state index in [0.29, 0.717) is 16.7 Å². The number of hydrogen-bond donors (Lipinski definition) is 4. The van der Waals surface area contributed by atoms with E-state index in [1.165, 1.54) is 30.3 Å². The average molecular weight is 390 g/mol. The number of nitrogen functional groups attached to an aromatic ring is 1. The fraction of sp³-hybridized carbons (Fsp3) is 0.0476. The molecule has 3 aromatic rings.